The molecular formula is C26H34ClNO3. The third-order valence-electron chi connectivity index (χ3n) is 9.36. The first kappa shape index (κ1) is 21.3. The monoisotopic (exact) mass is 443 g/mol. The number of hydrogen-bond acceptors (Lipinski definition) is 3. The number of halogens is 1. The van der Waals surface area contributed by atoms with Crippen molar-refractivity contribution in [1.29, 1.82) is 0 Å². The molecule has 31 heavy (non-hydrogen) atoms. The van der Waals surface area contributed by atoms with Crippen LogP contribution >= 0.6 is 11.6 Å². The highest BCUT2D eigenvalue weighted by Gasteiger charge is 2.60. The van der Waals surface area contributed by atoms with Crippen LogP contribution in [0.4, 0.5) is 0 Å². The lowest BCUT2D eigenvalue weighted by Crippen LogP contribution is -2.61. The fraction of sp³-hybridized carbons (Fsp3) is 0.692. The second-order valence-electron chi connectivity index (χ2n) is 10.8. The molecule has 1 aromatic carbocycles. The molecule has 7 atom stereocenters. The molecule has 168 valence electrons. The number of alkyl halides is 1. The van der Waals surface area contributed by atoms with E-state index < -0.39 is 0 Å². The average molecular weight is 444 g/mol. The fourth-order valence-corrected chi connectivity index (χ4v) is 7.91. The quantitative estimate of drug-likeness (QED) is 0.451. The number of piperidine rings is 1. The van der Waals surface area contributed by atoms with E-state index in [2.05, 4.69) is 18.7 Å². The van der Waals surface area contributed by atoms with Gasteiger partial charge in [0.25, 0.3) is 0 Å². The van der Waals surface area contributed by atoms with Gasteiger partial charge in [-0.05, 0) is 81.8 Å². The maximum atomic E-state index is 13.1. The molecule has 4 aliphatic rings. The third kappa shape index (κ3) is 3.41. The van der Waals surface area contributed by atoms with E-state index >= 15 is 0 Å². The number of carbonyl (C=O) groups is 2. The molecule has 5 rings (SSSR count). The zero-order valence-corrected chi connectivity index (χ0v) is 19.4. The predicted octanol–water partition coefficient (Wildman–Crippen LogP) is 5.44. The van der Waals surface area contributed by atoms with Gasteiger partial charge in [0.15, 0.2) is 0 Å². The molecule has 2 aliphatic heterocycles. The third-order valence-corrected chi connectivity index (χ3v) is 9.72. The van der Waals surface area contributed by atoms with Gasteiger partial charge in [-0.1, -0.05) is 25.1 Å². The highest BCUT2D eigenvalue weighted by molar-refractivity contribution is 6.21. The number of benzene rings is 1. The SMILES string of the molecule is C[C@]12CC[C@H]3[C@@H](CCC(=O)N4C[C@H](Cl)CC[C@]34C)[C@@H]1CC[C@@H]2OC(=O)c1ccccc1. The Kier molecular flexibility index (Phi) is 5.36. The zero-order valence-electron chi connectivity index (χ0n) is 18.7. The summed E-state index contributed by atoms with van der Waals surface area (Å²) >= 11 is 6.48. The molecule has 2 aliphatic carbocycles. The van der Waals surface area contributed by atoms with E-state index in [1.165, 1.54) is 0 Å². The van der Waals surface area contributed by atoms with Crippen LogP contribution in [0.15, 0.2) is 30.3 Å². The molecule has 4 nitrogen and oxygen atoms in total. The van der Waals surface area contributed by atoms with Crippen LogP contribution in [0.2, 0.25) is 0 Å². The van der Waals surface area contributed by atoms with Crippen LogP contribution in [-0.2, 0) is 9.53 Å². The summed E-state index contributed by atoms with van der Waals surface area (Å²) in [5, 5.41) is 0.0793. The molecule has 2 saturated carbocycles. The maximum absolute atomic E-state index is 13.1. The average Bonchev–Trinajstić information content (AvgIpc) is 3.05. The van der Waals surface area contributed by atoms with Crippen molar-refractivity contribution in [2.75, 3.05) is 6.54 Å². The van der Waals surface area contributed by atoms with Crippen molar-refractivity contribution in [3.05, 3.63) is 35.9 Å². The highest BCUT2D eigenvalue weighted by Crippen LogP contribution is 2.62. The number of esters is 1. The number of rotatable bonds is 2. The first-order valence-electron chi connectivity index (χ1n) is 12.0. The van der Waals surface area contributed by atoms with Crippen molar-refractivity contribution >= 4 is 23.5 Å². The molecule has 0 N–H and O–H groups in total. The fourth-order valence-electron chi connectivity index (χ4n) is 7.66. The lowest BCUT2D eigenvalue weighted by molar-refractivity contribution is -0.142. The number of carbonyl (C=O) groups excluding carboxylic acids is 2. The normalized spacial score (nSPS) is 42.2. The summed E-state index contributed by atoms with van der Waals surface area (Å²) < 4.78 is 6.11. The minimum atomic E-state index is -0.204. The molecule has 0 aromatic heterocycles. The second kappa shape index (κ2) is 7.79. The summed E-state index contributed by atoms with van der Waals surface area (Å²) in [7, 11) is 0. The summed E-state index contributed by atoms with van der Waals surface area (Å²) in [6.45, 7) is 5.35. The minimum Gasteiger partial charge on any atom is -0.458 e. The van der Waals surface area contributed by atoms with Crippen molar-refractivity contribution in [2.45, 2.75) is 82.2 Å². The number of hydrogen-bond donors (Lipinski definition) is 0. The van der Waals surface area contributed by atoms with Gasteiger partial charge in [-0.25, -0.2) is 4.79 Å². The van der Waals surface area contributed by atoms with E-state index in [0.29, 0.717) is 36.3 Å². The summed E-state index contributed by atoms with van der Waals surface area (Å²) in [5.74, 6) is 1.63. The van der Waals surface area contributed by atoms with E-state index in [1.54, 1.807) is 0 Å². The molecular weight excluding hydrogens is 410 g/mol. The Morgan fingerprint density at radius 1 is 1.03 bits per heavy atom. The largest absolute Gasteiger partial charge is 0.458 e. The Balaban J connectivity index is 1.39. The Morgan fingerprint density at radius 3 is 2.58 bits per heavy atom. The van der Waals surface area contributed by atoms with Gasteiger partial charge in [0.1, 0.15) is 6.10 Å². The van der Waals surface area contributed by atoms with Crippen molar-refractivity contribution in [1.82, 2.24) is 4.90 Å². The Bertz CT molecular complexity index is 859. The number of amides is 1. The number of nitrogens with zero attached hydrogens (tertiary/aromatic N) is 1. The van der Waals surface area contributed by atoms with Gasteiger partial charge in [-0.2, -0.15) is 0 Å². The zero-order chi connectivity index (χ0) is 21.8. The van der Waals surface area contributed by atoms with Crippen molar-refractivity contribution < 1.29 is 14.3 Å². The molecule has 0 bridgehead atoms. The lowest BCUT2D eigenvalue weighted by Gasteiger charge is -2.56. The summed E-state index contributed by atoms with van der Waals surface area (Å²) in [6.07, 6.45) is 7.73. The first-order valence-corrected chi connectivity index (χ1v) is 12.5. The smallest absolute Gasteiger partial charge is 0.338 e. The van der Waals surface area contributed by atoms with Crippen LogP contribution in [0, 0.1) is 23.2 Å². The van der Waals surface area contributed by atoms with E-state index in [0.717, 1.165) is 44.9 Å². The Labute approximate surface area is 190 Å². The van der Waals surface area contributed by atoms with Gasteiger partial charge in [0.2, 0.25) is 5.91 Å². The van der Waals surface area contributed by atoms with E-state index in [-0.39, 0.29) is 34.3 Å². The van der Waals surface area contributed by atoms with E-state index in [9.17, 15) is 9.59 Å². The Hall–Kier alpha value is -1.55. The van der Waals surface area contributed by atoms with Gasteiger partial charge in [0.05, 0.1) is 10.9 Å². The molecule has 0 unspecified atom stereocenters. The van der Waals surface area contributed by atoms with E-state index in [4.69, 9.17) is 16.3 Å². The molecule has 2 saturated heterocycles. The van der Waals surface area contributed by atoms with Gasteiger partial charge < -0.3 is 9.64 Å². The molecule has 2 heterocycles. The lowest BCUT2D eigenvalue weighted by atomic mass is 9.54. The molecule has 1 aromatic rings. The summed E-state index contributed by atoms with van der Waals surface area (Å²) in [6, 6.07) is 9.33. The molecule has 4 fully saturated rings. The Morgan fingerprint density at radius 2 is 1.81 bits per heavy atom. The van der Waals surface area contributed by atoms with Crippen LogP contribution < -0.4 is 0 Å². The maximum Gasteiger partial charge on any atom is 0.338 e. The number of fused-ring (bicyclic) bond motifs is 5. The topological polar surface area (TPSA) is 46.6 Å². The molecule has 0 radical (unpaired) electrons. The first-order chi connectivity index (χ1) is 14.8. The summed E-state index contributed by atoms with van der Waals surface area (Å²) in [4.78, 5) is 28.0. The minimum absolute atomic E-state index is 0.00384. The van der Waals surface area contributed by atoms with Gasteiger partial charge >= 0.3 is 5.97 Å². The van der Waals surface area contributed by atoms with Gasteiger partial charge in [-0.3, -0.25) is 4.79 Å². The molecule has 1 amide bonds. The predicted molar refractivity (Wildman–Crippen MR) is 121 cm³/mol. The summed E-state index contributed by atoms with van der Waals surface area (Å²) in [5.41, 5.74) is 0.553. The van der Waals surface area contributed by atoms with Crippen molar-refractivity contribution in [3.8, 4) is 0 Å². The van der Waals surface area contributed by atoms with Crippen LogP contribution in [0.5, 0.6) is 0 Å². The van der Waals surface area contributed by atoms with Crippen LogP contribution in [0.3, 0.4) is 0 Å². The van der Waals surface area contributed by atoms with Crippen molar-refractivity contribution in [2.24, 2.45) is 23.2 Å². The van der Waals surface area contributed by atoms with Crippen molar-refractivity contribution in [3.63, 3.8) is 0 Å². The second-order valence-corrected chi connectivity index (χ2v) is 11.4. The van der Waals surface area contributed by atoms with Crippen LogP contribution in [0.25, 0.3) is 0 Å². The van der Waals surface area contributed by atoms with Crippen LogP contribution in [-0.4, -0.2) is 40.3 Å². The van der Waals surface area contributed by atoms with E-state index in [1.807, 2.05) is 30.3 Å². The number of ether oxygens (including phenoxy) is 1. The van der Waals surface area contributed by atoms with Gasteiger partial charge in [-0.15, -0.1) is 11.6 Å². The standard InChI is InChI=1S/C26H34ClNO3/c1-25-14-13-21-19(8-11-23(29)28-16-18(27)12-15-26(21,28)2)20(25)9-10-22(25)31-24(30)17-6-4-3-5-7-17/h3-7,18-22H,8-16H2,1-2H3/t18-,19+,20+,21+,22+,25+,26-/m1/s1. The molecule has 5 heteroatoms. The highest BCUT2D eigenvalue weighted by atomic mass is 35.5. The molecule has 0 spiro atoms. The van der Waals surface area contributed by atoms with Gasteiger partial charge in [0, 0.05) is 23.9 Å². The van der Waals surface area contributed by atoms with Crippen LogP contribution in [0.1, 0.15) is 75.6 Å².